The summed E-state index contributed by atoms with van der Waals surface area (Å²) in [6.07, 6.45) is 1.33. The van der Waals surface area contributed by atoms with E-state index < -0.39 is 0 Å². The zero-order valence-corrected chi connectivity index (χ0v) is 11.3. The highest BCUT2D eigenvalue weighted by Crippen LogP contribution is 2.19. The Kier molecular flexibility index (Phi) is 4.89. The summed E-state index contributed by atoms with van der Waals surface area (Å²) in [6.45, 7) is 5.13. The number of hydrogen-bond acceptors (Lipinski definition) is 4. The Morgan fingerprint density at radius 2 is 2.41 bits per heavy atom. The molecule has 0 aliphatic heterocycles. The number of thiocarbonyl (C=S) groups is 1. The van der Waals surface area contributed by atoms with Crippen molar-refractivity contribution in [2.45, 2.75) is 13.8 Å². The van der Waals surface area contributed by atoms with E-state index in [2.05, 4.69) is 9.97 Å². The van der Waals surface area contributed by atoms with Crippen LogP contribution in [0, 0.1) is 5.92 Å². The Hall–Kier alpha value is -1.14. The normalized spacial score (nSPS) is 12.2. The van der Waals surface area contributed by atoms with Gasteiger partial charge in [-0.05, 0) is 6.92 Å². The lowest BCUT2D eigenvalue weighted by Gasteiger charge is -2.25. The summed E-state index contributed by atoms with van der Waals surface area (Å²) >= 11 is 10.8. The number of hydrogen-bond donors (Lipinski definition) is 2. The van der Waals surface area contributed by atoms with E-state index in [4.69, 9.17) is 29.6 Å². The van der Waals surface area contributed by atoms with Crippen LogP contribution in [0.2, 0.25) is 5.02 Å². The molecular formula is C10H15ClN4OS. The van der Waals surface area contributed by atoms with E-state index >= 15 is 0 Å². The molecule has 0 saturated carbocycles. The first-order chi connectivity index (χ1) is 7.97. The van der Waals surface area contributed by atoms with Crippen LogP contribution in [-0.4, -0.2) is 28.0 Å². The fraction of sp³-hybridized carbons (Fsp3) is 0.500. The highest BCUT2D eigenvalue weighted by Gasteiger charge is 2.16. The molecule has 0 aliphatic carbocycles. The van der Waals surface area contributed by atoms with Gasteiger partial charge in [0.05, 0.1) is 11.3 Å². The molecule has 0 radical (unpaired) electrons. The number of nitrogens with zero attached hydrogens (tertiary/aromatic N) is 2. The van der Waals surface area contributed by atoms with Crippen molar-refractivity contribution in [2.24, 2.45) is 11.7 Å². The maximum atomic E-state index is 11.4. The summed E-state index contributed by atoms with van der Waals surface area (Å²) in [7, 11) is 0. The van der Waals surface area contributed by atoms with Crippen molar-refractivity contribution in [3.63, 3.8) is 0 Å². The number of halogens is 1. The third-order valence-corrected chi connectivity index (χ3v) is 3.18. The van der Waals surface area contributed by atoms with E-state index in [1.165, 1.54) is 6.33 Å². The SMILES string of the molecule is CCN(CC(C)C(N)=S)c1nc[nH]c(=O)c1Cl. The van der Waals surface area contributed by atoms with Gasteiger partial charge in [0.15, 0.2) is 5.82 Å². The Morgan fingerprint density at radius 3 is 2.94 bits per heavy atom. The highest BCUT2D eigenvalue weighted by molar-refractivity contribution is 7.80. The lowest BCUT2D eigenvalue weighted by molar-refractivity contribution is 0.698. The van der Waals surface area contributed by atoms with Crippen molar-refractivity contribution in [1.29, 1.82) is 0 Å². The molecular weight excluding hydrogens is 260 g/mol. The summed E-state index contributed by atoms with van der Waals surface area (Å²) in [5.74, 6) is 0.489. The Bertz CT molecular complexity index is 462. The monoisotopic (exact) mass is 274 g/mol. The van der Waals surface area contributed by atoms with E-state index in [1.54, 1.807) is 0 Å². The second kappa shape index (κ2) is 5.97. The van der Waals surface area contributed by atoms with Gasteiger partial charge in [0.25, 0.3) is 5.56 Å². The molecule has 3 N–H and O–H groups in total. The van der Waals surface area contributed by atoms with Crippen LogP contribution in [0.3, 0.4) is 0 Å². The summed E-state index contributed by atoms with van der Waals surface area (Å²) in [6, 6.07) is 0. The van der Waals surface area contributed by atoms with E-state index in [0.717, 1.165) is 0 Å². The van der Waals surface area contributed by atoms with Gasteiger partial charge in [0, 0.05) is 19.0 Å². The minimum Gasteiger partial charge on any atom is -0.393 e. The summed E-state index contributed by atoms with van der Waals surface area (Å²) < 4.78 is 0. The third-order valence-electron chi connectivity index (χ3n) is 2.44. The second-order valence-corrected chi connectivity index (χ2v) is 4.56. The van der Waals surface area contributed by atoms with Crippen LogP contribution >= 0.6 is 23.8 Å². The molecule has 0 saturated heterocycles. The molecule has 0 aliphatic rings. The molecule has 94 valence electrons. The summed E-state index contributed by atoms with van der Waals surface area (Å²) in [4.78, 5) is 20.2. The first-order valence-electron chi connectivity index (χ1n) is 5.24. The topological polar surface area (TPSA) is 75.0 Å². The molecule has 0 aromatic carbocycles. The van der Waals surface area contributed by atoms with Gasteiger partial charge >= 0.3 is 0 Å². The number of nitrogens with two attached hydrogens (primary N) is 1. The summed E-state index contributed by atoms with van der Waals surface area (Å²) in [5.41, 5.74) is 5.22. The van der Waals surface area contributed by atoms with Crippen molar-refractivity contribution in [3.8, 4) is 0 Å². The first kappa shape index (κ1) is 13.9. The van der Waals surface area contributed by atoms with Crippen LogP contribution < -0.4 is 16.2 Å². The van der Waals surface area contributed by atoms with Gasteiger partial charge in [-0.3, -0.25) is 4.79 Å². The number of nitrogens with one attached hydrogen (secondary N) is 1. The first-order valence-corrected chi connectivity index (χ1v) is 6.03. The quantitative estimate of drug-likeness (QED) is 0.789. The van der Waals surface area contributed by atoms with Crippen molar-refractivity contribution in [2.75, 3.05) is 18.0 Å². The van der Waals surface area contributed by atoms with Crippen LogP contribution in [0.1, 0.15) is 13.8 Å². The Labute approximate surface area is 110 Å². The molecule has 0 fully saturated rings. The van der Waals surface area contributed by atoms with Crippen molar-refractivity contribution in [1.82, 2.24) is 9.97 Å². The predicted molar refractivity (Wildman–Crippen MR) is 73.7 cm³/mol. The van der Waals surface area contributed by atoms with Gasteiger partial charge in [-0.25, -0.2) is 4.98 Å². The number of rotatable bonds is 5. The maximum Gasteiger partial charge on any atom is 0.271 e. The molecule has 17 heavy (non-hydrogen) atoms. The number of aromatic nitrogens is 2. The highest BCUT2D eigenvalue weighted by atomic mass is 35.5. The standard InChI is InChI=1S/C10H15ClN4OS/c1-3-15(4-6(2)8(12)17)9-7(11)10(16)14-5-13-9/h5-6H,3-4H2,1-2H3,(H2,12,17)(H,13,14,16). The largest absolute Gasteiger partial charge is 0.393 e. The number of aromatic amines is 1. The molecule has 7 heteroatoms. The van der Waals surface area contributed by atoms with E-state index in [9.17, 15) is 4.79 Å². The number of H-pyrrole nitrogens is 1. The van der Waals surface area contributed by atoms with Crippen molar-refractivity contribution >= 4 is 34.6 Å². The van der Waals surface area contributed by atoms with Gasteiger partial charge < -0.3 is 15.6 Å². The van der Waals surface area contributed by atoms with Gasteiger partial charge in [0.2, 0.25) is 0 Å². The smallest absolute Gasteiger partial charge is 0.271 e. The van der Waals surface area contributed by atoms with Crippen LogP contribution in [-0.2, 0) is 0 Å². The molecule has 5 nitrogen and oxygen atoms in total. The Balaban J connectivity index is 2.98. The molecule has 1 unspecified atom stereocenters. The molecule has 1 aromatic rings. The maximum absolute atomic E-state index is 11.4. The average Bonchev–Trinajstić information content (AvgIpc) is 2.29. The van der Waals surface area contributed by atoms with Gasteiger partial charge in [0.1, 0.15) is 5.02 Å². The second-order valence-electron chi connectivity index (χ2n) is 3.71. The zero-order chi connectivity index (χ0) is 13.0. The van der Waals surface area contributed by atoms with Crippen LogP contribution in [0.25, 0.3) is 0 Å². The fourth-order valence-electron chi connectivity index (χ4n) is 1.38. The third kappa shape index (κ3) is 3.41. The van der Waals surface area contributed by atoms with E-state index in [-0.39, 0.29) is 16.5 Å². The van der Waals surface area contributed by atoms with Crippen LogP contribution in [0.5, 0.6) is 0 Å². The van der Waals surface area contributed by atoms with Crippen molar-refractivity contribution < 1.29 is 0 Å². The summed E-state index contributed by atoms with van der Waals surface area (Å²) in [5, 5.41) is 0.0875. The number of anilines is 1. The van der Waals surface area contributed by atoms with E-state index in [1.807, 2.05) is 18.7 Å². The van der Waals surface area contributed by atoms with Gasteiger partial charge in [-0.15, -0.1) is 0 Å². The molecule has 1 heterocycles. The molecule has 0 bridgehead atoms. The van der Waals surface area contributed by atoms with Crippen LogP contribution in [0.4, 0.5) is 5.82 Å². The minimum absolute atomic E-state index is 0.0297. The van der Waals surface area contributed by atoms with Gasteiger partial charge in [-0.2, -0.15) is 0 Å². The van der Waals surface area contributed by atoms with Crippen LogP contribution in [0.15, 0.2) is 11.1 Å². The minimum atomic E-state index is -0.349. The Morgan fingerprint density at radius 1 is 1.76 bits per heavy atom. The predicted octanol–water partition coefficient (Wildman–Crippen LogP) is 1.17. The molecule has 1 rings (SSSR count). The fourth-order valence-corrected chi connectivity index (χ4v) is 1.68. The van der Waals surface area contributed by atoms with Crippen molar-refractivity contribution in [3.05, 3.63) is 21.7 Å². The van der Waals surface area contributed by atoms with E-state index in [0.29, 0.717) is 23.9 Å². The lowest BCUT2D eigenvalue weighted by Crippen LogP contribution is -2.35. The molecule has 0 amide bonds. The zero-order valence-electron chi connectivity index (χ0n) is 9.74. The molecule has 0 spiro atoms. The molecule has 1 aromatic heterocycles. The molecule has 1 atom stereocenters. The lowest BCUT2D eigenvalue weighted by atomic mass is 10.1. The van der Waals surface area contributed by atoms with Gasteiger partial charge in [-0.1, -0.05) is 30.7 Å². The average molecular weight is 275 g/mol.